The Bertz CT molecular complexity index is 449. The van der Waals surface area contributed by atoms with Crippen molar-refractivity contribution in [2.75, 3.05) is 6.61 Å². The van der Waals surface area contributed by atoms with Crippen molar-refractivity contribution in [1.82, 2.24) is 0 Å². The van der Waals surface area contributed by atoms with E-state index < -0.39 is 26.3 Å². The summed E-state index contributed by atoms with van der Waals surface area (Å²) in [5.74, 6) is -0.990. The molecule has 21 heavy (non-hydrogen) atoms. The van der Waals surface area contributed by atoms with Gasteiger partial charge < -0.3 is 19.0 Å². The van der Waals surface area contributed by atoms with Gasteiger partial charge in [0, 0.05) is 0 Å². The van der Waals surface area contributed by atoms with Crippen molar-refractivity contribution < 1.29 is 19.0 Å². The highest BCUT2D eigenvalue weighted by molar-refractivity contribution is 6.74. The highest BCUT2D eigenvalue weighted by atomic mass is 28.4. The van der Waals surface area contributed by atoms with Crippen molar-refractivity contribution in [1.29, 1.82) is 5.39 Å². The lowest BCUT2D eigenvalue weighted by atomic mass is 10.2. The molecule has 1 heterocycles. The topological polar surface area (TPSA) is 76.1 Å². The molecular formula is C14H27N2O4Si+. The standard InChI is InChI=1S/C14H26N2O4Si/c1-13(2,3)21(6,7)18-9-11-12(10(17)8-16-15)20-14(4,5)19-11/h8,11-12H,9H2,1-7H3/p+1/b10-8+/t11-,12-/m1/s1. The number of aliphatic hydroxyl groups is 1. The molecule has 2 atom stereocenters. The maximum atomic E-state index is 9.90. The molecule has 1 aliphatic rings. The summed E-state index contributed by atoms with van der Waals surface area (Å²) in [4.78, 5) is 2.83. The Labute approximate surface area is 127 Å². The fourth-order valence-corrected chi connectivity index (χ4v) is 2.86. The third-order valence-electron chi connectivity index (χ3n) is 4.08. The Hall–Kier alpha value is -0.943. The van der Waals surface area contributed by atoms with Gasteiger partial charge in [-0.05, 0) is 32.0 Å². The summed E-state index contributed by atoms with van der Waals surface area (Å²) in [7, 11) is -1.91. The van der Waals surface area contributed by atoms with E-state index in [2.05, 4.69) is 38.8 Å². The van der Waals surface area contributed by atoms with Gasteiger partial charge in [-0.25, -0.2) is 0 Å². The smallest absolute Gasteiger partial charge is 0.390 e. The van der Waals surface area contributed by atoms with Crippen LogP contribution in [-0.2, 0) is 13.9 Å². The van der Waals surface area contributed by atoms with Crippen LogP contribution in [0.25, 0.3) is 4.98 Å². The normalized spacial score (nSPS) is 26.7. The van der Waals surface area contributed by atoms with Gasteiger partial charge in [0.2, 0.25) is 11.2 Å². The second-order valence-electron chi connectivity index (χ2n) is 7.34. The molecule has 1 aliphatic heterocycles. The van der Waals surface area contributed by atoms with E-state index in [1.54, 1.807) is 13.8 Å². The SMILES string of the molecule is CC1(C)O[C@H](/C(O)=C\[N+]#N)[C@@H](CO[Si](C)(C)C(C)(C)C)O1. The first kappa shape index (κ1) is 18.1. The molecular weight excluding hydrogens is 288 g/mol. The first-order chi connectivity index (χ1) is 9.39. The molecule has 0 amide bonds. The molecule has 0 spiro atoms. The lowest BCUT2D eigenvalue weighted by Gasteiger charge is -2.37. The molecule has 1 saturated heterocycles. The molecule has 0 bridgehead atoms. The van der Waals surface area contributed by atoms with Crippen LogP contribution < -0.4 is 0 Å². The molecule has 6 nitrogen and oxygen atoms in total. The summed E-state index contributed by atoms with van der Waals surface area (Å²) in [6.45, 7) is 14.7. The maximum absolute atomic E-state index is 9.90. The van der Waals surface area contributed by atoms with E-state index in [0.717, 1.165) is 6.20 Å². The van der Waals surface area contributed by atoms with Crippen LogP contribution in [0.15, 0.2) is 12.0 Å². The number of aliphatic hydroxyl groups excluding tert-OH is 1. The second-order valence-corrected chi connectivity index (χ2v) is 12.1. The highest BCUT2D eigenvalue weighted by Crippen LogP contribution is 2.38. The lowest BCUT2D eigenvalue weighted by molar-refractivity contribution is -0.148. The first-order valence-electron chi connectivity index (χ1n) is 7.12. The fraction of sp³-hybridized carbons (Fsp3) is 0.857. The van der Waals surface area contributed by atoms with Crippen LogP contribution in [0.3, 0.4) is 0 Å². The van der Waals surface area contributed by atoms with Crippen LogP contribution in [0.1, 0.15) is 34.6 Å². The van der Waals surface area contributed by atoms with Crippen LogP contribution in [0.5, 0.6) is 0 Å². The van der Waals surface area contributed by atoms with Crippen molar-refractivity contribution in [3.05, 3.63) is 16.9 Å². The number of rotatable bonds is 4. The van der Waals surface area contributed by atoms with Gasteiger partial charge in [-0.2, -0.15) is 0 Å². The summed E-state index contributed by atoms with van der Waals surface area (Å²) in [5.41, 5.74) is 0. The molecule has 1 N–H and O–H groups in total. The Kier molecular flexibility index (Phi) is 5.21. The van der Waals surface area contributed by atoms with Crippen molar-refractivity contribution in [2.24, 2.45) is 0 Å². The summed E-state index contributed by atoms with van der Waals surface area (Å²) < 4.78 is 17.6. The van der Waals surface area contributed by atoms with Crippen molar-refractivity contribution in [2.45, 2.75) is 70.7 Å². The zero-order chi connectivity index (χ0) is 16.5. The minimum absolute atomic E-state index is 0.0930. The van der Waals surface area contributed by atoms with Crippen LogP contribution in [0.4, 0.5) is 0 Å². The Balaban J connectivity index is 2.81. The van der Waals surface area contributed by atoms with Crippen LogP contribution in [-0.4, -0.2) is 38.0 Å². The molecule has 7 heteroatoms. The van der Waals surface area contributed by atoms with E-state index in [-0.39, 0.29) is 10.8 Å². The molecule has 0 aromatic carbocycles. The Morgan fingerprint density at radius 2 is 1.95 bits per heavy atom. The van der Waals surface area contributed by atoms with Gasteiger partial charge in [-0.3, -0.25) is 0 Å². The van der Waals surface area contributed by atoms with E-state index >= 15 is 0 Å². The van der Waals surface area contributed by atoms with Crippen LogP contribution in [0, 0.1) is 5.39 Å². The van der Waals surface area contributed by atoms with E-state index in [4.69, 9.17) is 19.3 Å². The van der Waals surface area contributed by atoms with Crippen molar-refractivity contribution in [3.63, 3.8) is 0 Å². The first-order valence-corrected chi connectivity index (χ1v) is 10.0. The molecule has 0 radical (unpaired) electrons. The highest BCUT2D eigenvalue weighted by Gasteiger charge is 2.46. The lowest BCUT2D eigenvalue weighted by Crippen LogP contribution is -2.44. The maximum Gasteiger partial charge on any atom is 0.390 e. The van der Waals surface area contributed by atoms with Crippen molar-refractivity contribution >= 4 is 8.32 Å². The number of hydrogen-bond acceptors (Lipinski definition) is 5. The van der Waals surface area contributed by atoms with Gasteiger partial charge in [-0.1, -0.05) is 20.8 Å². The van der Waals surface area contributed by atoms with E-state index in [0.29, 0.717) is 6.61 Å². The summed E-state index contributed by atoms with van der Waals surface area (Å²) in [6, 6.07) is 0. The van der Waals surface area contributed by atoms with Gasteiger partial charge in [0.15, 0.2) is 25.2 Å². The zero-order valence-corrected chi connectivity index (χ0v) is 15.0. The minimum Gasteiger partial charge on any atom is -0.503 e. The van der Waals surface area contributed by atoms with E-state index in [1.807, 2.05) is 0 Å². The number of hydrogen-bond donors (Lipinski definition) is 1. The monoisotopic (exact) mass is 315 g/mol. The summed E-state index contributed by atoms with van der Waals surface area (Å²) in [5, 5.41) is 18.5. The molecule has 120 valence electrons. The average Bonchev–Trinajstić information content (AvgIpc) is 2.61. The third kappa shape index (κ3) is 4.51. The average molecular weight is 315 g/mol. The third-order valence-corrected chi connectivity index (χ3v) is 8.58. The van der Waals surface area contributed by atoms with Gasteiger partial charge in [0.25, 0.3) is 0 Å². The molecule has 1 rings (SSSR count). The summed E-state index contributed by atoms with van der Waals surface area (Å²) >= 11 is 0. The predicted octanol–water partition coefficient (Wildman–Crippen LogP) is 3.78. The van der Waals surface area contributed by atoms with Crippen LogP contribution in [0.2, 0.25) is 18.1 Å². The van der Waals surface area contributed by atoms with E-state index in [1.165, 1.54) is 0 Å². The van der Waals surface area contributed by atoms with Crippen molar-refractivity contribution in [3.8, 4) is 0 Å². The molecule has 0 saturated carbocycles. The van der Waals surface area contributed by atoms with Gasteiger partial charge in [0.1, 0.15) is 6.10 Å². The quantitative estimate of drug-likeness (QED) is 0.485. The molecule has 0 unspecified atom stereocenters. The van der Waals surface area contributed by atoms with Crippen LogP contribution >= 0.6 is 0 Å². The molecule has 0 aliphatic carbocycles. The minimum atomic E-state index is -1.91. The van der Waals surface area contributed by atoms with E-state index in [9.17, 15) is 5.11 Å². The van der Waals surface area contributed by atoms with Gasteiger partial charge >= 0.3 is 6.20 Å². The molecule has 0 aromatic rings. The van der Waals surface area contributed by atoms with Gasteiger partial charge in [-0.15, -0.1) is 0 Å². The second kappa shape index (κ2) is 6.05. The Morgan fingerprint density at radius 3 is 2.43 bits per heavy atom. The largest absolute Gasteiger partial charge is 0.503 e. The Morgan fingerprint density at radius 1 is 1.38 bits per heavy atom. The zero-order valence-electron chi connectivity index (χ0n) is 14.0. The molecule has 0 aromatic heterocycles. The number of nitrogens with zero attached hydrogens (tertiary/aromatic N) is 2. The number of ether oxygens (including phenoxy) is 2. The predicted molar refractivity (Wildman–Crippen MR) is 82.8 cm³/mol. The van der Waals surface area contributed by atoms with Gasteiger partial charge in [0.05, 0.1) is 6.61 Å². The number of diazo groups is 1. The molecule has 1 fully saturated rings. The summed E-state index contributed by atoms with van der Waals surface area (Å²) in [6.07, 6.45) is -0.179. The fourth-order valence-electron chi connectivity index (χ4n) is 1.85.